The summed E-state index contributed by atoms with van der Waals surface area (Å²) in [5.74, 6) is -0.490. The van der Waals surface area contributed by atoms with Crippen molar-refractivity contribution in [2.75, 3.05) is 17.3 Å². The van der Waals surface area contributed by atoms with Crippen molar-refractivity contribution in [1.29, 1.82) is 0 Å². The molecular weight excluding hydrogens is 338 g/mol. The molecule has 1 aliphatic rings. The molecular formula is C18H17N3O3S. The van der Waals surface area contributed by atoms with Crippen LogP contribution in [-0.4, -0.2) is 29.6 Å². The second-order valence-electron chi connectivity index (χ2n) is 5.67. The Morgan fingerprint density at radius 3 is 2.64 bits per heavy atom. The average molecular weight is 355 g/mol. The molecule has 1 aliphatic carbocycles. The Morgan fingerprint density at radius 2 is 2.00 bits per heavy atom. The van der Waals surface area contributed by atoms with Crippen LogP contribution in [0.15, 0.2) is 36.9 Å². The maximum atomic E-state index is 12.4. The predicted molar refractivity (Wildman–Crippen MR) is 97.4 cm³/mol. The van der Waals surface area contributed by atoms with E-state index in [1.54, 1.807) is 31.3 Å². The molecule has 0 atom stereocenters. The predicted octanol–water partition coefficient (Wildman–Crippen LogP) is 3.06. The van der Waals surface area contributed by atoms with E-state index in [-0.39, 0.29) is 17.6 Å². The largest absolute Gasteiger partial charge is 0.312 e. The van der Waals surface area contributed by atoms with Gasteiger partial charge >= 0.3 is 0 Å². The van der Waals surface area contributed by atoms with Crippen molar-refractivity contribution in [1.82, 2.24) is 4.98 Å². The van der Waals surface area contributed by atoms with E-state index in [0.29, 0.717) is 28.5 Å². The van der Waals surface area contributed by atoms with Crippen LogP contribution in [0.2, 0.25) is 0 Å². The zero-order valence-corrected chi connectivity index (χ0v) is 14.6. The lowest BCUT2D eigenvalue weighted by Gasteiger charge is -2.15. The molecule has 2 aromatic rings. The highest BCUT2D eigenvalue weighted by atomic mass is 32.1. The van der Waals surface area contributed by atoms with Gasteiger partial charge in [-0.15, -0.1) is 11.3 Å². The van der Waals surface area contributed by atoms with Crippen LogP contribution in [0.5, 0.6) is 0 Å². The van der Waals surface area contributed by atoms with E-state index in [4.69, 9.17) is 0 Å². The molecule has 128 valence electrons. The summed E-state index contributed by atoms with van der Waals surface area (Å²) in [5.41, 5.74) is 1.60. The number of amides is 2. The van der Waals surface area contributed by atoms with Gasteiger partial charge in [0.1, 0.15) is 5.69 Å². The molecule has 1 N–H and O–H groups in total. The van der Waals surface area contributed by atoms with Gasteiger partial charge in [0, 0.05) is 29.6 Å². The van der Waals surface area contributed by atoms with Gasteiger partial charge in [-0.25, -0.2) is 4.98 Å². The first-order valence-corrected chi connectivity index (χ1v) is 8.65. The first-order chi connectivity index (χ1) is 12.0. The topological polar surface area (TPSA) is 79.4 Å². The molecule has 25 heavy (non-hydrogen) atoms. The Bertz CT molecular complexity index is 855. The standard InChI is InChI=1S/C18H17N3O3S/c1-3-15(23)21(2)12-9-7-11(8-10-12)17(24)20-18-19-16-13(22)5-4-6-14(16)25-18/h3,7-10H,1,4-6H2,2H3,(H,19,20,24). The zero-order valence-electron chi connectivity index (χ0n) is 13.7. The van der Waals surface area contributed by atoms with E-state index >= 15 is 0 Å². The second kappa shape index (κ2) is 6.98. The number of aryl methyl sites for hydroxylation is 1. The maximum absolute atomic E-state index is 12.4. The van der Waals surface area contributed by atoms with Crippen LogP contribution < -0.4 is 10.2 Å². The summed E-state index contributed by atoms with van der Waals surface area (Å²) in [6.07, 6.45) is 3.40. The fourth-order valence-electron chi connectivity index (χ4n) is 2.59. The van der Waals surface area contributed by atoms with Crippen molar-refractivity contribution in [3.63, 3.8) is 0 Å². The van der Waals surface area contributed by atoms with Gasteiger partial charge in [-0.1, -0.05) is 6.58 Å². The number of hydrogen-bond donors (Lipinski definition) is 1. The van der Waals surface area contributed by atoms with Gasteiger partial charge in [-0.3, -0.25) is 19.7 Å². The number of benzene rings is 1. The number of rotatable bonds is 4. The van der Waals surface area contributed by atoms with Crippen LogP contribution in [0.1, 0.15) is 38.6 Å². The lowest BCUT2D eigenvalue weighted by molar-refractivity contribution is -0.113. The average Bonchev–Trinajstić information content (AvgIpc) is 3.04. The van der Waals surface area contributed by atoms with E-state index in [1.165, 1.54) is 22.3 Å². The fourth-order valence-corrected chi connectivity index (χ4v) is 3.61. The SMILES string of the molecule is C=CC(=O)N(C)c1ccc(C(=O)Nc2nc3c(s2)CCCC3=O)cc1. The summed E-state index contributed by atoms with van der Waals surface area (Å²) in [5, 5.41) is 3.18. The number of carbonyl (C=O) groups excluding carboxylic acids is 3. The molecule has 0 spiro atoms. The molecule has 0 unspecified atom stereocenters. The van der Waals surface area contributed by atoms with Crippen molar-refractivity contribution >= 4 is 39.8 Å². The molecule has 7 heteroatoms. The summed E-state index contributed by atoms with van der Waals surface area (Å²) in [6.45, 7) is 3.45. The van der Waals surface area contributed by atoms with Crippen LogP contribution in [0, 0.1) is 0 Å². The van der Waals surface area contributed by atoms with E-state index in [0.717, 1.165) is 17.7 Å². The van der Waals surface area contributed by atoms with Gasteiger partial charge in [0.05, 0.1) is 0 Å². The van der Waals surface area contributed by atoms with Crippen molar-refractivity contribution in [2.24, 2.45) is 0 Å². The Hall–Kier alpha value is -2.80. The number of nitrogens with zero attached hydrogens (tertiary/aromatic N) is 2. The zero-order chi connectivity index (χ0) is 18.0. The monoisotopic (exact) mass is 355 g/mol. The number of hydrogen-bond acceptors (Lipinski definition) is 5. The van der Waals surface area contributed by atoms with Gasteiger partial charge < -0.3 is 4.90 Å². The number of fused-ring (bicyclic) bond motifs is 1. The van der Waals surface area contributed by atoms with Crippen molar-refractivity contribution in [3.8, 4) is 0 Å². The lowest BCUT2D eigenvalue weighted by Crippen LogP contribution is -2.23. The van der Waals surface area contributed by atoms with Crippen LogP contribution in [0.25, 0.3) is 0 Å². The molecule has 6 nitrogen and oxygen atoms in total. The highest BCUT2D eigenvalue weighted by Gasteiger charge is 2.23. The minimum absolute atomic E-state index is 0.0391. The van der Waals surface area contributed by atoms with Crippen molar-refractivity contribution < 1.29 is 14.4 Å². The molecule has 0 aliphatic heterocycles. The number of thiazole rings is 1. The van der Waals surface area contributed by atoms with Gasteiger partial charge in [0.2, 0.25) is 5.91 Å². The normalized spacial score (nSPS) is 13.1. The molecule has 0 fully saturated rings. The van der Waals surface area contributed by atoms with Gasteiger partial charge in [-0.2, -0.15) is 0 Å². The number of carbonyl (C=O) groups is 3. The van der Waals surface area contributed by atoms with Gasteiger partial charge in [0.25, 0.3) is 5.91 Å². The van der Waals surface area contributed by atoms with E-state index in [2.05, 4.69) is 16.9 Å². The summed E-state index contributed by atoms with van der Waals surface area (Å²) < 4.78 is 0. The third-order valence-corrected chi connectivity index (χ3v) is 5.04. The molecule has 0 bridgehead atoms. The van der Waals surface area contributed by atoms with Crippen LogP contribution in [0.3, 0.4) is 0 Å². The molecule has 1 aromatic carbocycles. The number of Topliss-reactive ketones (excluding diaryl/α,β-unsaturated/α-hetero) is 1. The Labute approximate surface area is 149 Å². The highest BCUT2D eigenvalue weighted by molar-refractivity contribution is 7.16. The summed E-state index contributed by atoms with van der Waals surface area (Å²) in [6, 6.07) is 6.64. The second-order valence-corrected chi connectivity index (χ2v) is 6.75. The minimum atomic E-state index is -0.303. The van der Waals surface area contributed by atoms with Crippen LogP contribution in [0.4, 0.5) is 10.8 Å². The summed E-state index contributed by atoms with van der Waals surface area (Å²) in [4.78, 5) is 42.4. The van der Waals surface area contributed by atoms with E-state index < -0.39 is 0 Å². The van der Waals surface area contributed by atoms with Crippen molar-refractivity contribution in [2.45, 2.75) is 19.3 Å². The number of aromatic nitrogens is 1. The highest BCUT2D eigenvalue weighted by Crippen LogP contribution is 2.29. The van der Waals surface area contributed by atoms with Crippen molar-refractivity contribution in [3.05, 3.63) is 53.1 Å². The maximum Gasteiger partial charge on any atom is 0.257 e. The van der Waals surface area contributed by atoms with Crippen LogP contribution >= 0.6 is 11.3 Å². The number of nitrogens with one attached hydrogen (secondary N) is 1. The summed E-state index contributed by atoms with van der Waals surface area (Å²) >= 11 is 1.35. The number of anilines is 2. The van der Waals surface area contributed by atoms with E-state index in [1.807, 2.05) is 0 Å². The van der Waals surface area contributed by atoms with E-state index in [9.17, 15) is 14.4 Å². The fraction of sp³-hybridized carbons (Fsp3) is 0.222. The first kappa shape index (κ1) is 17.0. The number of ketones is 1. The molecule has 0 saturated carbocycles. The molecule has 1 heterocycles. The Morgan fingerprint density at radius 1 is 1.28 bits per heavy atom. The molecule has 0 saturated heterocycles. The Kier molecular flexibility index (Phi) is 4.76. The Balaban J connectivity index is 1.72. The molecule has 3 rings (SSSR count). The minimum Gasteiger partial charge on any atom is -0.312 e. The number of likely N-dealkylation sites (N-methyl/N-ethyl adjacent to an activating group) is 1. The third kappa shape index (κ3) is 3.51. The molecule has 2 amide bonds. The first-order valence-electron chi connectivity index (χ1n) is 7.84. The molecule has 1 aromatic heterocycles. The quantitative estimate of drug-likeness (QED) is 0.855. The summed E-state index contributed by atoms with van der Waals surface area (Å²) in [7, 11) is 1.64. The smallest absolute Gasteiger partial charge is 0.257 e. The van der Waals surface area contributed by atoms with Gasteiger partial charge in [-0.05, 0) is 43.2 Å². The van der Waals surface area contributed by atoms with Gasteiger partial charge in [0.15, 0.2) is 10.9 Å². The third-order valence-electron chi connectivity index (χ3n) is 4.01. The lowest BCUT2D eigenvalue weighted by atomic mass is 10.0. The molecule has 0 radical (unpaired) electrons. The van der Waals surface area contributed by atoms with Crippen LogP contribution in [-0.2, 0) is 11.2 Å².